The van der Waals surface area contributed by atoms with E-state index in [1.165, 1.54) is 48.8 Å². The number of benzene rings is 8. The van der Waals surface area contributed by atoms with Crippen molar-refractivity contribution in [1.29, 1.82) is 0 Å². The second kappa shape index (κ2) is 28.1. The highest BCUT2D eigenvalue weighted by atomic mass is 28.3. The number of carbonyl (C=O) groups excluding carboxylic acids is 2. The summed E-state index contributed by atoms with van der Waals surface area (Å²) in [6, 6.07) is 36.0. The van der Waals surface area contributed by atoms with Crippen LogP contribution in [0.4, 0.5) is 32.0 Å². The fourth-order valence-electron chi connectivity index (χ4n) is 14.3. The SMILES string of the molecule is C=C(C)C(=O)CCCCN(Cc1cc(C(F)(F)F)ccc1B(O)O)Cc1c2ccccc2c(CN(CCCNC(=O)C(=C)C)Cc2cc(C(F)(F)F)ccc2B(O)O)c2ccc(-c3ccc(C)c(C4=c5cc6c(cc5[Si](C)(C)c5cc7c(cc54)CCCN7)=CCCC6)c3)cc12. The van der Waals surface area contributed by atoms with Crippen LogP contribution in [0.15, 0.2) is 146 Å². The summed E-state index contributed by atoms with van der Waals surface area (Å²) in [5, 5.41) is 57.6. The van der Waals surface area contributed by atoms with Crippen LogP contribution in [0.1, 0.15) is 120 Å². The van der Waals surface area contributed by atoms with Crippen molar-refractivity contribution in [2.45, 2.75) is 130 Å². The number of rotatable bonds is 23. The molecule has 8 aromatic carbocycles. The summed E-state index contributed by atoms with van der Waals surface area (Å²) in [5.74, 6) is -0.474. The number of carbonyl (C=O) groups is 2. The Morgan fingerprint density at radius 2 is 1.21 bits per heavy atom. The van der Waals surface area contributed by atoms with Gasteiger partial charge in [0.15, 0.2) is 5.78 Å². The number of ketones is 1. The first-order chi connectivity index (χ1) is 45.2. The molecule has 1 amide bonds. The van der Waals surface area contributed by atoms with Crippen LogP contribution in [0.2, 0.25) is 13.1 Å². The minimum atomic E-state index is -4.75. The van der Waals surface area contributed by atoms with E-state index in [0.29, 0.717) is 30.4 Å². The monoisotopic (exact) mass is 1310 g/mol. The zero-order valence-electron chi connectivity index (χ0n) is 54.5. The van der Waals surface area contributed by atoms with Crippen molar-refractivity contribution in [2.24, 2.45) is 0 Å². The molecule has 10 nitrogen and oxygen atoms in total. The van der Waals surface area contributed by atoms with E-state index in [9.17, 15) is 56.0 Å². The van der Waals surface area contributed by atoms with Gasteiger partial charge in [0, 0.05) is 63.5 Å². The molecule has 0 fully saturated rings. The van der Waals surface area contributed by atoms with Crippen LogP contribution < -0.4 is 42.4 Å². The standard InChI is InChI=1S/C76H80B2F6N4O6Si/c1-46(2)70(89)21-12-13-32-87(42-54-34-56(75(79,80)81)25-28-67(54)77(91)92)45-66-59-20-11-10-19-58(59)65(44-88(33-15-31-86-74(90)47(3)4)43-55-35-57(76(82,83)84)26-29-68(55)78(93)94)60-27-24-52(37-62(60)66)51-23-22-48(5)61(36-51)73-63-38-49-16-8-9-17-50(49)40-71(63)95(6,7)72-41-69-53(39-64(72)73)18-14-30-85-69/h10-11,17,19-20,22-29,34-41,85,91-94H,1,3,8-9,12-16,18,21,30-33,42-45H2,2,4-7H3,(H,86,90). The summed E-state index contributed by atoms with van der Waals surface area (Å²) in [5.41, 5.74) is 10.5. The molecule has 11 rings (SSSR count). The van der Waals surface area contributed by atoms with Crippen LogP contribution in [0.5, 0.6) is 0 Å². The third-order valence-corrected chi connectivity index (χ3v) is 22.9. The van der Waals surface area contributed by atoms with E-state index in [4.69, 9.17) is 0 Å². The van der Waals surface area contributed by atoms with Gasteiger partial charge in [-0.05, 0) is 241 Å². The highest BCUT2D eigenvalue weighted by molar-refractivity contribution is 7.01. The number of nitrogens with one attached hydrogen (secondary N) is 2. The Labute approximate surface area is 552 Å². The number of nitrogens with zero attached hydrogens (tertiary/aromatic N) is 2. The van der Waals surface area contributed by atoms with Gasteiger partial charge in [0.1, 0.15) is 8.07 Å². The van der Waals surface area contributed by atoms with Gasteiger partial charge in [-0.15, -0.1) is 0 Å². The number of hydrogen-bond acceptors (Lipinski definition) is 9. The molecule has 0 aromatic heterocycles. The van der Waals surface area contributed by atoms with Crippen molar-refractivity contribution in [1.82, 2.24) is 15.1 Å². The van der Waals surface area contributed by atoms with Gasteiger partial charge >= 0.3 is 26.6 Å². The van der Waals surface area contributed by atoms with Crippen molar-refractivity contribution in [2.75, 3.05) is 31.5 Å². The minimum absolute atomic E-state index is 0.0350. The summed E-state index contributed by atoms with van der Waals surface area (Å²) in [6.45, 7) is 19.4. The normalized spacial score (nSPS) is 14.2. The highest BCUT2D eigenvalue weighted by Gasteiger charge is 2.38. The van der Waals surface area contributed by atoms with Crippen LogP contribution in [0, 0.1) is 6.92 Å². The average molecular weight is 1310 g/mol. The molecule has 2 aliphatic heterocycles. The van der Waals surface area contributed by atoms with E-state index in [1.807, 2.05) is 40.1 Å². The fraction of sp³-hybridized carbons (Fsp3) is 0.316. The zero-order valence-corrected chi connectivity index (χ0v) is 55.5. The third-order valence-electron chi connectivity index (χ3n) is 19.4. The fourth-order valence-corrected chi connectivity index (χ4v) is 17.4. The van der Waals surface area contributed by atoms with Gasteiger partial charge in [0.25, 0.3) is 0 Å². The van der Waals surface area contributed by atoms with Crippen molar-refractivity contribution >= 4 is 94.2 Å². The van der Waals surface area contributed by atoms with Crippen LogP contribution >= 0.6 is 0 Å². The van der Waals surface area contributed by atoms with E-state index in [-0.39, 0.29) is 86.0 Å². The molecule has 492 valence electrons. The Morgan fingerprint density at radius 1 is 0.621 bits per heavy atom. The lowest BCUT2D eigenvalue weighted by Gasteiger charge is -2.36. The summed E-state index contributed by atoms with van der Waals surface area (Å²) in [7, 11) is -6.51. The number of hydrogen-bond donors (Lipinski definition) is 6. The summed E-state index contributed by atoms with van der Waals surface area (Å²) >= 11 is 0. The molecule has 0 spiro atoms. The number of fused-ring (bicyclic) bond motifs is 6. The van der Waals surface area contributed by atoms with E-state index in [2.05, 4.69) is 104 Å². The van der Waals surface area contributed by atoms with Gasteiger partial charge in [0.2, 0.25) is 5.91 Å². The predicted molar refractivity (Wildman–Crippen MR) is 373 cm³/mol. The molecule has 0 radical (unpaired) electrons. The van der Waals surface area contributed by atoms with Gasteiger partial charge < -0.3 is 30.7 Å². The molecule has 0 unspecified atom stereocenters. The molecule has 0 saturated heterocycles. The average Bonchev–Trinajstić information content (AvgIpc) is 0.712. The molecule has 8 aromatic rings. The molecule has 0 atom stereocenters. The molecule has 19 heteroatoms. The van der Waals surface area contributed by atoms with Gasteiger partial charge in [-0.3, -0.25) is 19.4 Å². The molecular weight excluding hydrogens is 1230 g/mol. The number of alkyl halides is 6. The van der Waals surface area contributed by atoms with E-state index in [1.54, 1.807) is 13.8 Å². The molecule has 95 heavy (non-hydrogen) atoms. The maximum atomic E-state index is 14.6. The summed E-state index contributed by atoms with van der Waals surface area (Å²) < 4.78 is 87.3. The Morgan fingerprint density at radius 3 is 1.82 bits per heavy atom. The highest BCUT2D eigenvalue weighted by Crippen LogP contribution is 2.41. The first kappa shape index (κ1) is 68.5. The molecule has 0 bridgehead atoms. The molecular formula is C76H80B2F6N4O6Si. The van der Waals surface area contributed by atoms with Crippen molar-refractivity contribution in [3.8, 4) is 11.1 Å². The lowest BCUT2D eigenvalue weighted by atomic mass is 9.76. The lowest BCUT2D eigenvalue weighted by molar-refractivity contribution is -0.138. The second-order valence-electron chi connectivity index (χ2n) is 26.6. The Kier molecular flexibility index (Phi) is 20.2. The number of amides is 1. The quantitative estimate of drug-likeness (QED) is 0.0121. The van der Waals surface area contributed by atoms with Crippen LogP contribution in [0.3, 0.4) is 0 Å². The second-order valence-corrected chi connectivity index (χ2v) is 30.9. The van der Waals surface area contributed by atoms with E-state index < -0.39 is 45.8 Å². The van der Waals surface area contributed by atoms with Gasteiger partial charge in [-0.2, -0.15) is 26.3 Å². The number of halogens is 6. The minimum Gasteiger partial charge on any atom is -0.423 e. The number of Topliss-reactive ketones (excluding diaryl/α,β-unsaturated/α-hetero) is 1. The van der Waals surface area contributed by atoms with Crippen molar-refractivity contribution < 1.29 is 56.0 Å². The number of anilines is 1. The maximum absolute atomic E-state index is 14.6. The number of aryl methyl sites for hydroxylation is 3. The predicted octanol–water partition coefficient (Wildman–Crippen LogP) is 10.6. The summed E-state index contributed by atoms with van der Waals surface area (Å²) in [4.78, 5) is 29.5. The summed E-state index contributed by atoms with van der Waals surface area (Å²) in [6.07, 6.45) is -0.611. The van der Waals surface area contributed by atoms with Crippen LogP contribution in [-0.2, 0) is 61.0 Å². The first-order valence-electron chi connectivity index (χ1n) is 32.7. The first-order valence-corrected chi connectivity index (χ1v) is 35.7. The molecule has 3 aliphatic rings. The Balaban J connectivity index is 1.13. The third kappa shape index (κ3) is 14.8. The lowest BCUT2D eigenvalue weighted by Crippen LogP contribution is -2.63. The maximum Gasteiger partial charge on any atom is 0.488 e. The van der Waals surface area contributed by atoms with Crippen LogP contribution in [-0.4, -0.2) is 90.1 Å². The Bertz CT molecular complexity index is 4490. The van der Waals surface area contributed by atoms with Gasteiger partial charge in [-0.1, -0.05) is 117 Å². The molecule has 2 heterocycles. The number of allylic oxidation sites excluding steroid dienone is 1. The van der Waals surface area contributed by atoms with E-state index >= 15 is 0 Å². The van der Waals surface area contributed by atoms with Crippen LogP contribution in [0.25, 0.3) is 44.3 Å². The topological polar surface area (TPSA) is 146 Å². The largest absolute Gasteiger partial charge is 0.488 e. The number of unbranched alkanes of at least 4 members (excludes halogenated alkanes) is 1. The van der Waals surface area contributed by atoms with Gasteiger partial charge in [-0.25, -0.2) is 0 Å². The Hall–Kier alpha value is -7.87. The smallest absolute Gasteiger partial charge is 0.423 e. The van der Waals surface area contributed by atoms with Crippen molar-refractivity contribution in [3.05, 3.63) is 217 Å². The molecule has 0 saturated carbocycles. The van der Waals surface area contributed by atoms with Gasteiger partial charge in [0.05, 0.1) is 11.1 Å². The zero-order chi connectivity index (χ0) is 67.8. The van der Waals surface area contributed by atoms with E-state index in [0.717, 1.165) is 130 Å². The molecule has 6 N–H and O–H groups in total. The molecule has 1 aliphatic carbocycles. The van der Waals surface area contributed by atoms with Crippen molar-refractivity contribution in [3.63, 3.8) is 0 Å².